The molecular weight excluding hydrogens is 368 g/mol. The first-order valence-electron chi connectivity index (χ1n) is 8.45. The van der Waals surface area contributed by atoms with E-state index >= 15 is 0 Å². The number of carbonyl (C=O) groups excluding carboxylic acids is 2. The van der Waals surface area contributed by atoms with Gasteiger partial charge in [-0.3, -0.25) is 19.7 Å². The van der Waals surface area contributed by atoms with E-state index in [4.69, 9.17) is 14.2 Å². The van der Waals surface area contributed by atoms with E-state index in [0.717, 1.165) is 0 Å². The van der Waals surface area contributed by atoms with Crippen LogP contribution in [0.2, 0.25) is 0 Å². The monoisotopic (exact) mass is 388 g/mol. The van der Waals surface area contributed by atoms with Crippen LogP contribution < -0.4 is 14.8 Å². The molecule has 0 unspecified atom stereocenters. The van der Waals surface area contributed by atoms with Crippen LogP contribution in [0.25, 0.3) is 0 Å². The van der Waals surface area contributed by atoms with Gasteiger partial charge in [-0.1, -0.05) is 18.2 Å². The Morgan fingerprint density at radius 2 is 1.89 bits per heavy atom. The van der Waals surface area contributed by atoms with Gasteiger partial charge in [0.25, 0.3) is 11.6 Å². The number of nitro groups is 1. The fraction of sp³-hybridized carbons (Fsp3) is 0.263. The fourth-order valence-electron chi connectivity index (χ4n) is 2.22. The highest BCUT2D eigenvalue weighted by atomic mass is 16.6. The molecule has 1 N–H and O–H groups in total. The minimum Gasteiger partial charge on any atom is -0.494 e. The molecule has 0 aliphatic rings. The molecular formula is C19H20N2O7. The molecule has 0 aliphatic carbocycles. The minimum atomic E-state index is -0.582. The Bertz CT molecular complexity index is 824. The fourth-order valence-corrected chi connectivity index (χ4v) is 2.22. The van der Waals surface area contributed by atoms with Gasteiger partial charge in [0.15, 0.2) is 6.61 Å². The van der Waals surface area contributed by atoms with Crippen molar-refractivity contribution in [1.29, 1.82) is 0 Å². The largest absolute Gasteiger partial charge is 0.494 e. The Balaban J connectivity index is 1.71. The third-order valence-electron chi connectivity index (χ3n) is 3.57. The van der Waals surface area contributed by atoms with Gasteiger partial charge in [-0.15, -0.1) is 0 Å². The zero-order chi connectivity index (χ0) is 20.4. The van der Waals surface area contributed by atoms with Crippen LogP contribution in [0.15, 0.2) is 48.5 Å². The second kappa shape index (κ2) is 10.5. The first-order chi connectivity index (χ1) is 13.5. The summed E-state index contributed by atoms with van der Waals surface area (Å²) in [6.07, 6.45) is 0.562. The van der Waals surface area contributed by atoms with Crippen LogP contribution in [0.4, 0.5) is 11.4 Å². The molecule has 0 aromatic heterocycles. The van der Waals surface area contributed by atoms with Crippen molar-refractivity contribution in [3.63, 3.8) is 0 Å². The number of nitro benzene ring substituents is 1. The number of carbonyl (C=O) groups is 2. The lowest BCUT2D eigenvalue weighted by Crippen LogP contribution is -2.21. The minimum absolute atomic E-state index is 0.112. The molecule has 9 nitrogen and oxygen atoms in total. The number of esters is 1. The van der Waals surface area contributed by atoms with Crippen LogP contribution in [0.1, 0.15) is 12.8 Å². The van der Waals surface area contributed by atoms with Crippen molar-refractivity contribution in [3.8, 4) is 11.5 Å². The summed E-state index contributed by atoms with van der Waals surface area (Å²) in [6.45, 7) is -0.121. The number of ether oxygens (including phenoxy) is 3. The predicted octanol–water partition coefficient (Wildman–Crippen LogP) is 2.94. The quantitative estimate of drug-likeness (QED) is 0.288. The lowest BCUT2D eigenvalue weighted by atomic mass is 10.2. The number of rotatable bonds is 10. The summed E-state index contributed by atoms with van der Waals surface area (Å²) in [5.74, 6) is -0.261. The number of methoxy groups -OCH3 is 1. The van der Waals surface area contributed by atoms with Gasteiger partial charge in [-0.2, -0.15) is 0 Å². The summed E-state index contributed by atoms with van der Waals surface area (Å²) < 4.78 is 15.4. The molecule has 0 fully saturated rings. The molecule has 9 heteroatoms. The lowest BCUT2D eigenvalue weighted by molar-refractivity contribution is -0.384. The van der Waals surface area contributed by atoms with Gasteiger partial charge in [-0.25, -0.2) is 0 Å². The van der Waals surface area contributed by atoms with Crippen molar-refractivity contribution in [3.05, 3.63) is 58.6 Å². The highest BCUT2D eigenvalue weighted by molar-refractivity contribution is 5.94. The summed E-state index contributed by atoms with van der Waals surface area (Å²) in [4.78, 5) is 33.8. The Morgan fingerprint density at radius 1 is 1.14 bits per heavy atom. The summed E-state index contributed by atoms with van der Waals surface area (Å²) in [7, 11) is 1.33. The molecule has 0 spiro atoms. The number of hydrogen-bond donors (Lipinski definition) is 1. The molecule has 0 saturated heterocycles. The summed E-state index contributed by atoms with van der Waals surface area (Å²) in [6, 6.07) is 13.0. The maximum atomic E-state index is 11.9. The SMILES string of the molecule is COc1cc([N+](=O)[O-])ccc1NC(=O)COC(=O)CCCOc1ccccc1. The van der Waals surface area contributed by atoms with E-state index in [1.807, 2.05) is 30.3 Å². The number of hydrogen-bond acceptors (Lipinski definition) is 7. The zero-order valence-corrected chi connectivity index (χ0v) is 15.3. The van der Waals surface area contributed by atoms with Crippen LogP contribution in [0, 0.1) is 10.1 Å². The van der Waals surface area contributed by atoms with Crippen LogP contribution in [0.3, 0.4) is 0 Å². The van der Waals surface area contributed by atoms with Crippen LogP contribution >= 0.6 is 0 Å². The van der Waals surface area contributed by atoms with Crippen LogP contribution in [0.5, 0.6) is 11.5 Å². The number of para-hydroxylation sites is 1. The lowest BCUT2D eigenvalue weighted by Gasteiger charge is -2.10. The number of nitrogens with one attached hydrogen (secondary N) is 1. The molecule has 0 saturated carbocycles. The number of amides is 1. The molecule has 148 valence electrons. The second-order valence-corrected chi connectivity index (χ2v) is 5.62. The van der Waals surface area contributed by atoms with Gasteiger partial charge in [0.05, 0.1) is 30.4 Å². The van der Waals surface area contributed by atoms with E-state index in [-0.39, 0.29) is 23.5 Å². The first-order valence-corrected chi connectivity index (χ1v) is 8.45. The Hall–Kier alpha value is -3.62. The molecule has 2 aromatic carbocycles. The smallest absolute Gasteiger partial charge is 0.306 e. The number of non-ortho nitro benzene ring substituents is 1. The normalized spacial score (nSPS) is 10.0. The molecule has 2 rings (SSSR count). The maximum absolute atomic E-state index is 11.9. The molecule has 28 heavy (non-hydrogen) atoms. The van der Waals surface area contributed by atoms with Gasteiger partial charge >= 0.3 is 5.97 Å². The van der Waals surface area contributed by atoms with Crippen molar-refractivity contribution in [2.75, 3.05) is 25.6 Å². The van der Waals surface area contributed by atoms with E-state index in [1.165, 1.54) is 25.3 Å². The Labute approximate surface area is 161 Å². The van der Waals surface area contributed by atoms with E-state index in [9.17, 15) is 19.7 Å². The second-order valence-electron chi connectivity index (χ2n) is 5.62. The predicted molar refractivity (Wildman–Crippen MR) is 100 cm³/mol. The van der Waals surface area contributed by atoms with Gasteiger partial charge in [-0.05, 0) is 24.6 Å². The molecule has 2 aromatic rings. The van der Waals surface area contributed by atoms with Gasteiger partial charge < -0.3 is 19.5 Å². The third-order valence-corrected chi connectivity index (χ3v) is 3.57. The van der Waals surface area contributed by atoms with Crippen molar-refractivity contribution in [2.24, 2.45) is 0 Å². The topological polar surface area (TPSA) is 117 Å². The van der Waals surface area contributed by atoms with Gasteiger partial charge in [0, 0.05) is 12.5 Å². The third kappa shape index (κ3) is 6.60. The highest BCUT2D eigenvalue weighted by Gasteiger charge is 2.14. The number of anilines is 1. The average Bonchev–Trinajstić information content (AvgIpc) is 2.70. The highest BCUT2D eigenvalue weighted by Crippen LogP contribution is 2.28. The van der Waals surface area contributed by atoms with Gasteiger partial charge in [0.2, 0.25) is 0 Å². The zero-order valence-electron chi connectivity index (χ0n) is 15.3. The van der Waals surface area contributed by atoms with Crippen molar-refractivity contribution >= 4 is 23.3 Å². The summed E-state index contributed by atoms with van der Waals surface area (Å²) in [5.41, 5.74) is 0.0735. The van der Waals surface area contributed by atoms with E-state index in [1.54, 1.807) is 0 Å². The standard InChI is InChI=1S/C19H20N2O7/c1-26-17-12-14(21(24)25)9-10-16(17)20-18(22)13-28-19(23)8-5-11-27-15-6-3-2-4-7-15/h2-4,6-7,9-10,12H,5,8,11,13H2,1H3,(H,20,22). The van der Waals surface area contributed by atoms with Crippen molar-refractivity contribution in [1.82, 2.24) is 0 Å². The van der Waals surface area contributed by atoms with Crippen molar-refractivity contribution in [2.45, 2.75) is 12.8 Å². The molecule has 0 bridgehead atoms. The molecule has 0 heterocycles. The van der Waals surface area contributed by atoms with E-state index in [0.29, 0.717) is 18.8 Å². The first kappa shape index (κ1) is 20.7. The van der Waals surface area contributed by atoms with Crippen molar-refractivity contribution < 1.29 is 28.7 Å². The Kier molecular flexibility index (Phi) is 7.77. The van der Waals surface area contributed by atoms with Crippen LogP contribution in [-0.2, 0) is 14.3 Å². The van der Waals surface area contributed by atoms with E-state index < -0.39 is 23.4 Å². The molecule has 1 amide bonds. The van der Waals surface area contributed by atoms with Crippen LogP contribution in [-0.4, -0.2) is 37.1 Å². The Morgan fingerprint density at radius 3 is 2.57 bits per heavy atom. The average molecular weight is 388 g/mol. The maximum Gasteiger partial charge on any atom is 0.306 e. The number of nitrogens with zero attached hydrogens (tertiary/aromatic N) is 1. The molecule has 0 radical (unpaired) electrons. The molecule has 0 atom stereocenters. The van der Waals surface area contributed by atoms with Gasteiger partial charge in [0.1, 0.15) is 11.5 Å². The summed E-state index contributed by atoms with van der Waals surface area (Å²) >= 11 is 0. The van der Waals surface area contributed by atoms with E-state index in [2.05, 4.69) is 5.32 Å². The number of benzene rings is 2. The summed E-state index contributed by atoms with van der Waals surface area (Å²) in [5, 5.41) is 13.2. The molecule has 0 aliphatic heterocycles.